The Labute approximate surface area is 601 Å². The molecule has 3 unspecified atom stereocenters. The standard InChI is InChI=1S/C26H23F3N4O3.C25H20F3N5O3.C24H21F3N4O3/c1-14-22(15(2)34)23(20-10-7-16(13-30)11-21(20)24(35)31-18-8-9-18)32(3)25(36)33(14)19-6-4-5-17(12-19)26(27,28)29;1-14-21(15(2)34)22(19-8-7-16(13-30)11-20(19)23(35)31-10-9-29)32(3)24(36)33(14)18-6-4-5-17(12-18)25(26,27)28;1-13-20(14(2)32)21(18-9-8-15(12-28)10-19(18)22(33)29-3)30(4)23(34)31(13)17-7-5-6-16(11-17)24(25,26)27/h4-7,10-12,18,23H,8-9H2,1-3H3,(H,31,35);4-8,11-12,22H,10H2,1-3H3,(H,31,35);5-11,21H,1-4H3,(H,29,33). The molecule has 3 aliphatic heterocycles. The lowest BCUT2D eigenvalue weighted by Crippen LogP contribution is -2.49. The van der Waals surface area contributed by atoms with Gasteiger partial charge in [-0.25, -0.2) is 14.4 Å². The number of carbonyl (C=O) groups excluding carboxylic acids is 9. The number of carbonyl (C=O) groups is 9. The maximum Gasteiger partial charge on any atom is 0.416 e. The predicted octanol–water partition coefficient (Wildman–Crippen LogP) is 13.7. The van der Waals surface area contributed by atoms with E-state index in [4.69, 9.17) is 5.26 Å². The molecule has 10 rings (SSSR count). The number of alkyl halides is 9. The van der Waals surface area contributed by atoms with Crippen LogP contribution in [0.1, 0.15) is 154 Å². The quantitative estimate of drug-likeness (QED) is 0.0676. The molecule has 3 heterocycles. The predicted molar refractivity (Wildman–Crippen MR) is 365 cm³/mol. The highest BCUT2D eigenvalue weighted by atomic mass is 19.4. The number of nitriles is 4. The summed E-state index contributed by atoms with van der Waals surface area (Å²) in [5.74, 6) is -2.94. The summed E-state index contributed by atoms with van der Waals surface area (Å²) in [6.07, 6.45) is -12.2. The molecule has 106 heavy (non-hydrogen) atoms. The van der Waals surface area contributed by atoms with E-state index in [-0.39, 0.29) is 102 Å². The third-order valence-corrected chi connectivity index (χ3v) is 17.7. The summed E-state index contributed by atoms with van der Waals surface area (Å²) in [7, 11) is 5.58. The molecule has 0 aromatic heterocycles. The van der Waals surface area contributed by atoms with Crippen LogP contribution in [0, 0.1) is 45.3 Å². The van der Waals surface area contributed by atoms with Crippen molar-refractivity contribution in [3.05, 3.63) is 228 Å². The molecular formula is C75H64F9N13O9. The van der Waals surface area contributed by atoms with E-state index in [1.54, 1.807) is 6.07 Å². The molecule has 9 amide bonds. The Hall–Kier alpha value is -12.9. The van der Waals surface area contributed by atoms with Gasteiger partial charge in [0, 0.05) is 84.7 Å². The number of hydrogen-bond donors (Lipinski definition) is 3. The van der Waals surface area contributed by atoms with E-state index in [2.05, 4.69) is 16.0 Å². The zero-order valence-corrected chi connectivity index (χ0v) is 58.1. The number of anilines is 3. The molecule has 4 aliphatic rings. The number of urea groups is 3. The Morgan fingerprint density at radius 2 is 0.736 bits per heavy atom. The molecule has 0 radical (unpaired) electrons. The molecular weight excluding hydrogens is 1400 g/mol. The fourth-order valence-electron chi connectivity index (χ4n) is 12.6. The largest absolute Gasteiger partial charge is 0.416 e. The van der Waals surface area contributed by atoms with Gasteiger partial charge in [0.25, 0.3) is 17.7 Å². The molecule has 6 aromatic rings. The van der Waals surface area contributed by atoms with E-state index in [9.17, 15) is 98.5 Å². The van der Waals surface area contributed by atoms with Crippen LogP contribution in [-0.4, -0.2) is 109 Å². The molecule has 22 nitrogen and oxygen atoms in total. The van der Waals surface area contributed by atoms with Gasteiger partial charge in [0.15, 0.2) is 17.3 Å². The number of allylic oxidation sites excluding steroid dienone is 3. The Bertz CT molecular complexity index is 4930. The Morgan fingerprint density at radius 3 is 0.991 bits per heavy atom. The molecule has 6 aromatic carbocycles. The van der Waals surface area contributed by atoms with E-state index in [0.717, 1.165) is 74.9 Å². The van der Waals surface area contributed by atoms with Gasteiger partial charge in [-0.3, -0.25) is 43.5 Å². The fourth-order valence-corrected chi connectivity index (χ4v) is 12.6. The first kappa shape index (κ1) is 78.8. The number of nitrogens with zero attached hydrogens (tertiary/aromatic N) is 10. The number of amides is 9. The Balaban J connectivity index is 0.000000201. The van der Waals surface area contributed by atoms with Gasteiger partial charge in [0.1, 0.15) is 6.54 Å². The number of hydrogen-bond acceptors (Lipinski definition) is 13. The zero-order valence-electron chi connectivity index (χ0n) is 58.1. The Kier molecular flexibility index (Phi) is 23.3. The van der Waals surface area contributed by atoms with Gasteiger partial charge in [-0.1, -0.05) is 36.4 Å². The smallest absolute Gasteiger partial charge is 0.355 e. The van der Waals surface area contributed by atoms with Gasteiger partial charge in [-0.2, -0.15) is 60.6 Å². The molecule has 0 saturated heterocycles. The van der Waals surface area contributed by atoms with Crippen LogP contribution in [0.5, 0.6) is 0 Å². The van der Waals surface area contributed by atoms with Gasteiger partial charge in [-0.15, -0.1) is 0 Å². The summed E-state index contributed by atoms with van der Waals surface area (Å²) in [6, 6.07) is 28.2. The van der Waals surface area contributed by atoms with E-state index in [1.807, 2.05) is 18.2 Å². The number of ketones is 3. The number of likely N-dealkylation sites (N-methyl/N-ethyl adjacent to an activating group) is 3. The minimum Gasteiger partial charge on any atom is -0.355 e. The number of rotatable bonds is 14. The average molecular weight is 1460 g/mol. The molecule has 546 valence electrons. The van der Waals surface area contributed by atoms with Gasteiger partial charge in [0.05, 0.1) is 92.8 Å². The van der Waals surface area contributed by atoms with Crippen LogP contribution in [0.25, 0.3) is 0 Å². The first-order valence-electron chi connectivity index (χ1n) is 32.0. The Morgan fingerprint density at radius 1 is 0.443 bits per heavy atom. The van der Waals surface area contributed by atoms with E-state index < -0.39 is 107 Å². The second kappa shape index (κ2) is 31.4. The third-order valence-electron chi connectivity index (χ3n) is 17.7. The highest BCUT2D eigenvalue weighted by molar-refractivity contribution is 6.09. The first-order chi connectivity index (χ1) is 49.8. The van der Waals surface area contributed by atoms with Gasteiger partial charge in [-0.05, 0) is 162 Å². The molecule has 31 heteroatoms. The van der Waals surface area contributed by atoms with Crippen LogP contribution in [-0.2, 0) is 32.9 Å². The lowest BCUT2D eigenvalue weighted by Gasteiger charge is -2.41. The highest BCUT2D eigenvalue weighted by Crippen LogP contribution is 2.46. The molecule has 0 spiro atoms. The third kappa shape index (κ3) is 16.3. The summed E-state index contributed by atoms with van der Waals surface area (Å²) in [4.78, 5) is 124. The van der Waals surface area contributed by atoms with Gasteiger partial charge >= 0.3 is 36.6 Å². The van der Waals surface area contributed by atoms with Crippen LogP contribution in [0.15, 0.2) is 161 Å². The molecule has 1 saturated carbocycles. The van der Waals surface area contributed by atoms with Gasteiger partial charge < -0.3 is 30.7 Å². The topological polar surface area (TPSA) is 304 Å². The summed E-state index contributed by atoms with van der Waals surface area (Å²) < 4.78 is 120. The van der Waals surface area contributed by atoms with Crippen LogP contribution < -0.4 is 30.7 Å². The summed E-state index contributed by atoms with van der Waals surface area (Å²) in [5, 5.41) is 44.4. The molecule has 1 fully saturated rings. The van der Waals surface area contributed by atoms with Crippen LogP contribution >= 0.6 is 0 Å². The first-order valence-corrected chi connectivity index (χ1v) is 32.0. The van der Waals surface area contributed by atoms with Crippen LogP contribution in [0.4, 0.5) is 71.0 Å². The molecule has 3 atom stereocenters. The molecule has 0 bridgehead atoms. The van der Waals surface area contributed by atoms with E-state index >= 15 is 0 Å². The van der Waals surface area contributed by atoms with Crippen LogP contribution in [0.2, 0.25) is 0 Å². The molecule has 3 N–H and O–H groups in total. The fraction of sp³-hybridized carbons (Fsp3) is 0.267. The summed E-state index contributed by atoms with van der Waals surface area (Å²) in [5.41, 5.74) is -0.531. The van der Waals surface area contributed by atoms with E-state index in [0.29, 0.717) is 11.1 Å². The maximum atomic E-state index is 13.5. The van der Waals surface area contributed by atoms with Crippen molar-refractivity contribution >= 4 is 70.2 Å². The van der Waals surface area contributed by atoms with E-state index in [1.165, 1.54) is 164 Å². The van der Waals surface area contributed by atoms with Crippen LogP contribution in [0.3, 0.4) is 0 Å². The average Bonchev–Trinajstić information content (AvgIpc) is 1.25. The lowest BCUT2D eigenvalue weighted by molar-refractivity contribution is -0.138. The van der Waals surface area contributed by atoms with Crippen molar-refractivity contribution in [2.24, 2.45) is 0 Å². The van der Waals surface area contributed by atoms with Crippen molar-refractivity contribution in [2.75, 3.05) is 49.4 Å². The number of benzene rings is 6. The van der Waals surface area contributed by atoms with Crippen molar-refractivity contribution in [3.8, 4) is 24.3 Å². The summed E-state index contributed by atoms with van der Waals surface area (Å²) >= 11 is 0. The van der Waals surface area contributed by atoms with Gasteiger partial charge in [0.2, 0.25) is 0 Å². The second-order valence-corrected chi connectivity index (χ2v) is 24.6. The number of Topliss-reactive ketones (excluding diaryl/α,β-unsaturated/α-hetero) is 3. The summed E-state index contributed by atoms with van der Waals surface area (Å²) in [6.45, 7) is 7.91. The zero-order chi connectivity index (χ0) is 78.5. The van der Waals surface area contributed by atoms with Crippen molar-refractivity contribution in [3.63, 3.8) is 0 Å². The second-order valence-electron chi connectivity index (χ2n) is 24.6. The van der Waals surface area contributed by atoms with Crippen molar-refractivity contribution < 1.29 is 82.7 Å². The van der Waals surface area contributed by atoms with Crippen molar-refractivity contribution in [1.82, 2.24) is 30.7 Å². The minimum atomic E-state index is -4.64. The van der Waals surface area contributed by atoms with Crippen molar-refractivity contribution in [1.29, 1.82) is 21.0 Å². The lowest BCUT2D eigenvalue weighted by atomic mass is 9.87. The monoisotopic (exact) mass is 1460 g/mol. The number of halogens is 9. The maximum absolute atomic E-state index is 13.5. The van der Waals surface area contributed by atoms with Crippen molar-refractivity contribution in [2.45, 2.75) is 97.1 Å². The normalized spacial score (nSPS) is 16.9. The highest BCUT2D eigenvalue weighted by Gasteiger charge is 2.46. The molecule has 1 aliphatic carbocycles. The number of nitrogens with one attached hydrogen (secondary N) is 3. The minimum absolute atomic E-state index is 0.0204. The SMILES string of the molecule is CC(=O)C1=C(C)N(c2cccc(C(F)(F)F)c2)C(=O)N(C)C1c1ccc(C#N)cc1C(=O)NC1CC1.CC(=O)C1=C(C)N(c2cccc(C(F)(F)F)c2)C(=O)N(C)C1c1ccc(C#N)cc1C(=O)NCC#N.CNC(=O)c1cc(C#N)ccc1C1C(C(C)=O)=C(C)N(c2cccc(C(F)(F)F)c2)C(=O)N1C.